The Hall–Kier alpha value is -4.11. The van der Waals surface area contributed by atoms with Crippen LogP contribution in [0, 0.1) is 5.41 Å². The van der Waals surface area contributed by atoms with E-state index in [0.29, 0.717) is 0 Å². The highest BCUT2D eigenvalue weighted by molar-refractivity contribution is 6.76. The first-order chi connectivity index (χ1) is 22.7. The minimum Gasteiger partial charge on any atom is -0.452 e. The van der Waals surface area contributed by atoms with E-state index in [2.05, 4.69) is 15.6 Å². The van der Waals surface area contributed by atoms with E-state index in [4.69, 9.17) is 68.6 Å². The van der Waals surface area contributed by atoms with Gasteiger partial charge in [-0.3, -0.25) is 10.7 Å². The Morgan fingerprint density at radius 3 is 1.73 bits per heavy atom. The summed E-state index contributed by atoms with van der Waals surface area (Å²) in [5.41, 5.74) is -1.53. The van der Waals surface area contributed by atoms with Crippen LogP contribution in [0.4, 0.5) is 9.59 Å². The van der Waals surface area contributed by atoms with E-state index in [1.165, 1.54) is 24.3 Å². The number of halogens is 3. The summed E-state index contributed by atoms with van der Waals surface area (Å²) in [5, 5.41) is 13.2. The maximum absolute atomic E-state index is 13.3. The molecule has 49 heavy (non-hydrogen) atoms. The first-order valence-electron chi connectivity index (χ1n) is 14.8. The molecule has 1 heterocycles. The molecule has 0 radical (unpaired) electrons. The van der Waals surface area contributed by atoms with Crippen molar-refractivity contribution in [2.75, 3.05) is 6.54 Å². The Kier molecular flexibility index (Phi) is 13.3. The Balaban J connectivity index is 1.99. The third-order valence-electron chi connectivity index (χ3n) is 5.95. The number of nitrogens with one attached hydrogen (secondary N) is 3. The van der Waals surface area contributed by atoms with Crippen LogP contribution in [0.1, 0.15) is 62.3 Å². The Bertz CT molecular complexity index is 1520. The van der Waals surface area contributed by atoms with Gasteiger partial charge in [-0.2, -0.15) is 0 Å². The van der Waals surface area contributed by atoms with Gasteiger partial charge in [0.15, 0.2) is 6.10 Å². The summed E-state index contributed by atoms with van der Waals surface area (Å²) in [6.45, 7) is 9.40. The van der Waals surface area contributed by atoms with Crippen LogP contribution in [-0.4, -0.2) is 82.1 Å². The highest BCUT2D eigenvalue weighted by Gasteiger charge is 2.52. The number of ether oxygens (including phenoxy) is 6. The van der Waals surface area contributed by atoms with Gasteiger partial charge in [-0.1, -0.05) is 71.2 Å². The van der Waals surface area contributed by atoms with Gasteiger partial charge in [0.25, 0.3) is 3.79 Å². The molecule has 14 nitrogen and oxygen atoms in total. The average molecular weight is 744 g/mol. The molecule has 17 heteroatoms. The van der Waals surface area contributed by atoms with Crippen molar-refractivity contribution in [1.82, 2.24) is 10.6 Å². The smallest absolute Gasteiger partial charge is 0.437 e. The predicted octanol–water partition coefficient (Wildman–Crippen LogP) is 5.93. The Labute approximate surface area is 298 Å². The lowest BCUT2D eigenvalue weighted by molar-refractivity contribution is -0.121. The maximum Gasteiger partial charge on any atom is 0.437 e. The van der Waals surface area contributed by atoms with Crippen molar-refractivity contribution in [1.29, 1.82) is 5.41 Å². The van der Waals surface area contributed by atoms with Crippen LogP contribution in [0.15, 0.2) is 65.7 Å². The molecule has 0 aliphatic carbocycles. The summed E-state index contributed by atoms with van der Waals surface area (Å²) in [7, 11) is 0. The summed E-state index contributed by atoms with van der Waals surface area (Å²) in [6.07, 6.45) is -7.92. The zero-order valence-corrected chi connectivity index (χ0v) is 29.7. The number of alkyl carbamates (subject to hydrolysis) is 1. The molecular weight excluding hydrogens is 707 g/mol. The fourth-order valence-electron chi connectivity index (χ4n) is 4.02. The Morgan fingerprint density at radius 2 is 1.27 bits per heavy atom. The quantitative estimate of drug-likeness (QED) is 0.100. The molecule has 0 saturated carbocycles. The molecule has 0 aromatic heterocycles. The van der Waals surface area contributed by atoms with E-state index in [0.717, 1.165) is 0 Å². The van der Waals surface area contributed by atoms with Crippen LogP contribution in [0.25, 0.3) is 0 Å². The van der Waals surface area contributed by atoms with Gasteiger partial charge in [-0.25, -0.2) is 19.2 Å². The van der Waals surface area contributed by atoms with Crippen molar-refractivity contribution in [3.63, 3.8) is 0 Å². The van der Waals surface area contributed by atoms with Crippen molar-refractivity contribution in [3.8, 4) is 0 Å². The lowest BCUT2D eigenvalue weighted by Gasteiger charge is -2.25. The molecule has 1 aliphatic rings. The van der Waals surface area contributed by atoms with Gasteiger partial charge >= 0.3 is 24.1 Å². The minimum absolute atomic E-state index is 0.140. The second-order valence-electron chi connectivity index (χ2n) is 12.4. The number of rotatable bonds is 7. The number of esters is 2. The highest BCUT2D eigenvalue weighted by atomic mass is 35.6. The van der Waals surface area contributed by atoms with E-state index < -0.39 is 75.6 Å². The van der Waals surface area contributed by atoms with Crippen LogP contribution >= 0.6 is 34.8 Å². The molecule has 2 aromatic carbocycles. The van der Waals surface area contributed by atoms with Crippen LogP contribution in [0.3, 0.4) is 0 Å². The molecule has 0 spiro atoms. The van der Waals surface area contributed by atoms with E-state index in [9.17, 15) is 19.2 Å². The van der Waals surface area contributed by atoms with E-state index in [-0.39, 0.29) is 17.7 Å². The predicted molar refractivity (Wildman–Crippen MR) is 180 cm³/mol. The van der Waals surface area contributed by atoms with Crippen molar-refractivity contribution in [3.05, 3.63) is 71.8 Å². The lowest BCUT2D eigenvalue weighted by atomic mass is 10.1. The zero-order chi connectivity index (χ0) is 36.6. The van der Waals surface area contributed by atoms with Crippen LogP contribution in [-0.2, 0) is 28.4 Å². The van der Waals surface area contributed by atoms with E-state index >= 15 is 0 Å². The van der Waals surface area contributed by atoms with Gasteiger partial charge in [0, 0.05) is 6.54 Å². The molecule has 1 saturated heterocycles. The maximum atomic E-state index is 13.3. The molecule has 3 rings (SSSR count). The van der Waals surface area contributed by atoms with Crippen molar-refractivity contribution in [2.24, 2.45) is 4.99 Å². The zero-order valence-electron chi connectivity index (χ0n) is 27.5. The molecule has 3 N–H and O–H groups in total. The summed E-state index contributed by atoms with van der Waals surface area (Å²) in [5.74, 6) is -2.98. The largest absolute Gasteiger partial charge is 0.452 e. The first-order valence-corrected chi connectivity index (χ1v) is 15.9. The molecule has 1 aliphatic heterocycles. The third-order valence-corrected chi connectivity index (χ3v) is 6.47. The standard InChI is InChI=1S/C32H37Cl3N4O10/c1-30(2,3)48-28(42)38-27(39-29(43)49-31(4,5)6)37-17-20-21(45-23(40)18-13-9-7-10-14-18)22(25(44-20)47-26(36)32(33,34)35)46-24(41)19-15-11-8-12-16-19/h7-16,20-22,25,36H,17H2,1-6H3,(H2,37,38,39,42,43)/t20-,21?,22+,25+/m1/s1. The summed E-state index contributed by atoms with van der Waals surface area (Å²) < 4.78 is 31.2. The van der Waals surface area contributed by atoms with Crippen molar-refractivity contribution >= 4 is 70.8 Å². The number of aliphatic imine (C=N–C) groups is 1. The number of nitrogens with zero attached hydrogens (tertiary/aromatic N) is 1. The normalized spacial score (nSPS) is 19.7. The molecule has 1 fully saturated rings. The number of guanidine groups is 1. The second-order valence-corrected chi connectivity index (χ2v) is 14.7. The van der Waals surface area contributed by atoms with Gasteiger partial charge in [0.1, 0.15) is 17.3 Å². The molecule has 0 bridgehead atoms. The molecule has 4 atom stereocenters. The number of alkyl halides is 3. The van der Waals surface area contributed by atoms with Crippen LogP contribution in [0.5, 0.6) is 0 Å². The van der Waals surface area contributed by atoms with E-state index in [1.54, 1.807) is 77.9 Å². The monoisotopic (exact) mass is 742 g/mol. The number of hydrogen-bond donors (Lipinski definition) is 3. The highest BCUT2D eigenvalue weighted by Crippen LogP contribution is 2.34. The number of hydrogen-bond acceptors (Lipinski definition) is 11. The Morgan fingerprint density at radius 1 is 0.776 bits per heavy atom. The third kappa shape index (κ3) is 13.0. The molecule has 1 unspecified atom stereocenters. The molecule has 2 aromatic rings. The van der Waals surface area contributed by atoms with Gasteiger partial charge in [0.05, 0.1) is 11.1 Å². The van der Waals surface area contributed by atoms with E-state index in [1.807, 2.05) is 0 Å². The van der Waals surface area contributed by atoms with Crippen LogP contribution < -0.4 is 10.6 Å². The summed E-state index contributed by atoms with van der Waals surface area (Å²) in [4.78, 5) is 55.5. The van der Waals surface area contributed by atoms with Gasteiger partial charge in [-0.15, -0.1) is 4.99 Å². The average Bonchev–Trinajstić information content (AvgIpc) is 3.29. The van der Waals surface area contributed by atoms with Crippen molar-refractivity contribution < 1.29 is 47.6 Å². The van der Waals surface area contributed by atoms with Gasteiger partial charge < -0.3 is 33.7 Å². The lowest BCUT2D eigenvalue weighted by Crippen LogP contribution is -2.49. The fraction of sp³-hybridized carbons (Fsp3) is 0.438. The summed E-state index contributed by atoms with van der Waals surface area (Å²) in [6, 6.07) is 15.8. The van der Waals surface area contributed by atoms with Crippen molar-refractivity contribution in [2.45, 2.75) is 81.1 Å². The minimum atomic E-state index is -2.34. The number of amides is 2. The first kappa shape index (κ1) is 39.3. The number of carbonyl (C=O) groups excluding carboxylic acids is 4. The van der Waals surface area contributed by atoms with Gasteiger partial charge in [-0.05, 0) is 65.8 Å². The second kappa shape index (κ2) is 16.5. The molecule has 266 valence electrons. The van der Waals surface area contributed by atoms with Crippen LogP contribution in [0.2, 0.25) is 0 Å². The summed E-state index contributed by atoms with van der Waals surface area (Å²) >= 11 is 17.5. The molecular formula is C32H37Cl3N4O10. The van der Waals surface area contributed by atoms with Gasteiger partial charge in [0.2, 0.25) is 24.3 Å². The SMILES string of the molecule is CC(C)(C)OC(=O)/N=C(\NC[C@H]1O[C@@H](OC(=N)C(Cl)(Cl)Cl)[C@@H](OC(=O)c2ccccc2)C1OC(=O)c1ccccc1)NC(=O)OC(C)(C)C. The fourth-order valence-corrected chi connectivity index (χ4v) is 4.15. The molecule has 2 amide bonds. The topological polar surface area (TPSA) is 184 Å². The number of carbonyl (C=O) groups is 4. The number of benzene rings is 2.